The number of aldehydes is 2. The summed E-state index contributed by atoms with van der Waals surface area (Å²) >= 11 is 3.01. The zero-order valence-electron chi connectivity index (χ0n) is 6.77. The molecule has 0 aliphatic rings. The SMILES string of the molecule is O=Cc1cc(Br)cc([N+](=O)[O-])c1C=O. The molecule has 0 radical (unpaired) electrons. The Morgan fingerprint density at radius 3 is 2.36 bits per heavy atom. The third-order valence-electron chi connectivity index (χ3n) is 1.60. The van der Waals surface area contributed by atoms with Gasteiger partial charge in [-0.2, -0.15) is 0 Å². The Morgan fingerprint density at radius 2 is 1.93 bits per heavy atom. The van der Waals surface area contributed by atoms with Crippen molar-refractivity contribution in [2.45, 2.75) is 0 Å². The van der Waals surface area contributed by atoms with Crippen LogP contribution < -0.4 is 0 Å². The zero-order chi connectivity index (χ0) is 10.7. The van der Waals surface area contributed by atoms with Crippen LogP contribution in [0.5, 0.6) is 0 Å². The summed E-state index contributed by atoms with van der Waals surface area (Å²) in [6, 6.07) is 2.53. The largest absolute Gasteiger partial charge is 0.298 e. The summed E-state index contributed by atoms with van der Waals surface area (Å²) in [5, 5.41) is 10.5. The summed E-state index contributed by atoms with van der Waals surface area (Å²) in [6.07, 6.45) is 0.704. The number of carbonyl (C=O) groups is 2. The van der Waals surface area contributed by atoms with Crippen LogP contribution in [0.3, 0.4) is 0 Å². The van der Waals surface area contributed by atoms with Crippen LogP contribution in [0.25, 0.3) is 0 Å². The molecule has 0 aromatic heterocycles. The molecule has 0 saturated carbocycles. The fourth-order valence-corrected chi connectivity index (χ4v) is 1.46. The van der Waals surface area contributed by atoms with Crippen molar-refractivity contribution in [2.24, 2.45) is 0 Å². The number of carbonyl (C=O) groups excluding carboxylic acids is 2. The van der Waals surface area contributed by atoms with Crippen LogP contribution in [0.4, 0.5) is 5.69 Å². The maximum atomic E-state index is 10.5. The van der Waals surface area contributed by atoms with E-state index < -0.39 is 4.92 Å². The predicted molar refractivity (Wildman–Crippen MR) is 51.6 cm³/mol. The molecule has 6 heteroatoms. The van der Waals surface area contributed by atoms with Crippen molar-refractivity contribution < 1.29 is 14.5 Å². The van der Waals surface area contributed by atoms with E-state index in [4.69, 9.17) is 0 Å². The van der Waals surface area contributed by atoms with Crippen LogP contribution in [-0.4, -0.2) is 17.5 Å². The van der Waals surface area contributed by atoms with Gasteiger partial charge in [-0.05, 0) is 6.07 Å². The maximum absolute atomic E-state index is 10.5. The van der Waals surface area contributed by atoms with Gasteiger partial charge in [-0.15, -0.1) is 0 Å². The molecule has 0 unspecified atom stereocenters. The van der Waals surface area contributed by atoms with Crippen LogP contribution in [0.2, 0.25) is 0 Å². The number of nitrogens with zero attached hydrogens (tertiary/aromatic N) is 1. The second kappa shape index (κ2) is 4.10. The number of benzene rings is 1. The van der Waals surface area contributed by atoms with Gasteiger partial charge in [0.05, 0.1) is 4.92 Å². The highest BCUT2D eigenvalue weighted by Crippen LogP contribution is 2.25. The summed E-state index contributed by atoms with van der Waals surface area (Å²) in [6.45, 7) is 0. The van der Waals surface area contributed by atoms with E-state index in [1.54, 1.807) is 0 Å². The molecule has 1 rings (SSSR count). The first kappa shape index (κ1) is 10.5. The Kier molecular flexibility index (Phi) is 3.08. The van der Waals surface area contributed by atoms with Crippen molar-refractivity contribution in [3.05, 3.63) is 37.8 Å². The van der Waals surface area contributed by atoms with Crippen molar-refractivity contribution in [3.8, 4) is 0 Å². The van der Waals surface area contributed by atoms with E-state index in [0.717, 1.165) is 0 Å². The minimum Gasteiger partial charge on any atom is -0.298 e. The number of halogens is 1. The summed E-state index contributed by atoms with van der Waals surface area (Å²) in [7, 11) is 0. The van der Waals surface area contributed by atoms with Gasteiger partial charge in [-0.1, -0.05) is 15.9 Å². The highest BCUT2D eigenvalue weighted by molar-refractivity contribution is 9.10. The number of nitro benzene ring substituents is 1. The molecule has 5 nitrogen and oxygen atoms in total. The first-order valence-electron chi connectivity index (χ1n) is 3.48. The molecule has 0 atom stereocenters. The fraction of sp³-hybridized carbons (Fsp3) is 0. The lowest BCUT2D eigenvalue weighted by Gasteiger charge is -1.99. The van der Waals surface area contributed by atoms with E-state index in [2.05, 4.69) is 15.9 Å². The van der Waals surface area contributed by atoms with Crippen LogP contribution in [-0.2, 0) is 0 Å². The van der Waals surface area contributed by atoms with E-state index >= 15 is 0 Å². The van der Waals surface area contributed by atoms with Gasteiger partial charge in [0, 0.05) is 16.1 Å². The smallest absolute Gasteiger partial charge is 0.281 e. The van der Waals surface area contributed by atoms with E-state index in [-0.39, 0.29) is 16.8 Å². The third kappa shape index (κ3) is 1.85. The van der Waals surface area contributed by atoms with Crippen molar-refractivity contribution in [2.75, 3.05) is 0 Å². The molecule has 0 N–H and O–H groups in total. The molecule has 14 heavy (non-hydrogen) atoms. The van der Waals surface area contributed by atoms with Gasteiger partial charge in [-0.3, -0.25) is 19.7 Å². The second-order valence-corrected chi connectivity index (χ2v) is 3.34. The van der Waals surface area contributed by atoms with Gasteiger partial charge in [0.25, 0.3) is 5.69 Å². The molecule has 0 amide bonds. The third-order valence-corrected chi connectivity index (χ3v) is 2.05. The summed E-state index contributed by atoms with van der Waals surface area (Å²) in [5.74, 6) is 0. The summed E-state index contributed by atoms with van der Waals surface area (Å²) < 4.78 is 0.386. The zero-order valence-corrected chi connectivity index (χ0v) is 8.35. The van der Waals surface area contributed by atoms with Gasteiger partial charge in [0.15, 0.2) is 12.6 Å². The van der Waals surface area contributed by atoms with Crippen molar-refractivity contribution in [3.63, 3.8) is 0 Å². The molecular weight excluding hydrogens is 254 g/mol. The Labute approximate surface area is 87.0 Å². The van der Waals surface area contributed by atoms with Crippen LogP contribution in [0.1, 0.15) is 20.7 Å². The average molecular weight is 258 g/mol. The van der Waals surface area contributed by atoms with Crippen LogP contribution >= 0.6 is 15.9 Å². The number of nitro groups is 1. The molecule has 0 fully saturated rings. The Bertz CT molecular complexity index is 416. The van der Waals surface area contributed by atoms with E-state index in [1.807, 2.05) is 0 Å². The minimum atomic E-state index is -0.707. The minimum absolute atomic E-state index is 0.000995. The molecule has 0 heterocycles. The van der Waals surface area contributed by atoms with E-state index in [1.165, 1.54) is 12.1 Å². The first-order valence-corrected chi connectivity index (χ1v) is 4.27. The Hall–Kier alpha value is -1.56. The van der Waals surface area contributed by atoms with Crippen molar-refractivity contribution in [1.82, 2.24) is 0 Å². The maximum Gasteiger partial charge on any atom is 0.281 e. The lowest BCUT2D eigenvalue weighted by Crippen LogP contribution is -1.99. The van der Waals surface area contributed by atoms with Crippen LogP contribution in [0.15, 0.2) is 16.6 Å². The van der Waals surface area contributed by atoms with Gasteiger partial charge in [0.2, 0.25) is 0 Å². The van der Waals surface area contributed by atoms with Crippen LogP contribution in [0, 0.1) is 10.1 Å². The van der Waals surface area contributed by atoms with Gasteiger partial charge in [-0.25, -0.2) is 0 Å². The topological polar surface area (TPSA) is 77.3 Å². The van der Waals surface area contributed by atoms with Crippen molar-refractivity contribution >= 4 is 34.2 Å². The highest BCUT2D eigenvalue weighted by Gasteiger charge is 2.17. The monoisotopic (exact) mass is 257 g/mol. The Balaban J connectivity index is 3.54. The van der Waals surface area contributed by atoms with Crippen molar-refractivity contribution in [1.29, 1.82) is 0 Å². The fourth-order valence-electron chi connectivity index (χ4n) is 1.00. The first-order chi connectivity index (χ1) is 6.60. The van der Waals surface area contributed by atoms with Gasteiger partial charge < -0.3 is 0 Å². The quantitative estimate of drug-likeness (QED) is 0.471. The molecule has 72 valence electrons. The molecule has 0 saturated heterocycles. The molecule has 1 aromatic carbocycles. The predicted octanol–water partition coefficient (Wildman–Crippen LogP) is 1.98. The van der Waals surface area contributed by atoms with E-state index in [0.29, 0.717) is 17.0 Å². The molecule has 0 spiro atoms. The van der Waals surface area contributed by atoms with Gasteiger partial charge >= 0.3 is 0 Å². The summed E-state index contributed by atoms with van der Waals surface area (Å²) in [5.41, 5.74) is -0.578. The second-order valence-electron chi connectivity index (χ2n) is 2.42. The Morgan fingerprint density at radius 1 is 1.29 bits per heavy atom. The van der Waals surface area contributed by atoms with E-state index in [9.17, 15) is 19.7 Å². The van der Waals surface area contributed by atoms with Gasteiger partial charge in [0.1, 0.15) is 5.56 Å². The molecule has 0 aliphatic carbocycles. The average Bonchev–Trinajstić information content (AvgIpc) is 2.16. The highest BCUT2D eigenvalue weighted by atomic mass is 79.9. The number of rotatable bonds is 3. The molecular formula is C8H4BrNO4. The lowest BCUT2D eigenvalue weighted by atomic mass is 10.1. The molecule has 1 aromatic rings. The lowest BCUT2D eigenvalue weighted by molar-refractivity contribution is -0.385. The standard InChI is InChI=1S/C8H4BrNO4/c9-6-1-5(3-11)7(4-12)8(2-6)10(13)14/h1-4H. The molecule has 0 bridgehead atoms. The summed E-state index contributed by atoms with van der Waals surface area (Å²) in [4.78, 5) is 30.9. The number of hydrogen-bond donors (Lipinski definition) is 0. The molecule has 0 aliphatic heterocycles. The normalized spacial score (nSPS) is 9.50. The number of hydrogen-bond acceptors (Lipinski definition) is 4.